The van der Waals surface area contributed by atoms with Crippen LogP contribution in [0.3, 0.4) is 0 Å². The van der Waals surface area contributed by atoms with Crippen molar-refractivity contribution in [2.75, 3.05) is 13.2 Å². The maximum Gasteiger partial charge on any atom is 0.329 e. The molecule has 0 saturated carbocycles. The lowest BCUT2D eigenvalue weighted by Gasteiger charge is -2.36. The number of carbonyl (C=O) groups is 1. The summed E-state index contributed by atoms with van der Waals surface area (Å²) < 4.78 is 20.1. The first-order valence-electron chi connectivity index (χ1n) is 7.15. The van der Waals surface area contributed by atoms with E-state index in [1.54, 1.807) is 13.8 Å². The van der Waals surface area contributed by atoms with Gasteiger partial charge in [0.25, 0.3) is 0 Å². The van der Waals surface area contributed by atoms with Crippen molar-refractivity contribution in [3.8, 4) is 0 Å². The maximum atomic E-state index is 13.3. The average molecular weight is 308 g/mol. The first-order chi connectivity index (χ1) is 10.0. The molecule has 21 heavy (non-hydrogen) atoms. The van der Waals surface area contributed by atoms with E-state index in [0.29, 0.717) is 24.2 Å². The summed E-state index contributed by atoms with van der Waals surface area (Å²) in [6.07, 6.45) is 0.721. The molecule has 1 unspecified atom stereocenters. The fraction of sp³-hybridized carbons (Fsp3) is 0.400. The van der Waals surface area contributed by atoms with Crippen molar-refractivity contribution in [1.82, 2.24) is 9.99 Å². The van der Waals surface area contributed by atoms with Crippen LogP contribution < -0.4 is 5.32 Å². The Morgan fingerprint density at radius 2 is 1.90 bits per heavy atom. The third kappa shape index (κ3) is 2.89. The van der Waals surface area contributed by atoms with Gasteiger partial charge in [-0.15, -0.1) is 0 Å². The highest BCUT2D eigenvalue weighted by Gasteiger charge is 2.42. The zero-order chi connectivity index (χ0) is 15.5. The Hall–Kier alpha value is -1.58. The van der Waals surface area contributed by atoms with Crippen LogP contribution in [-0.2, 0) is 9.09 Å². The number of benzene rings is 1. The second-order valence-electron chi connectivity index (χ2n) is 4.82. The highest BCUT2D eigenvalue weighted by atomic mass is 31.2. The molecule has 1 N–H and O–H groups in total. The monoisotopic (exact) mass is 308 g/mol. The molecule has 2 amide bonds. The van der Waals surface area contributed by atoms with Gasteiger partial charge in [0, 0.05) is 6.54 Å². The smallest absolute Gasteiger partial charge is 0.310 e. The molecule has 1 aliphatic rings. The molecule has 0 spiro atoms. The molecule has 1 aliphatic heterocycles. The van der Waals surface area contributed by atoms with E-state index in [1.807, 2.05) is 37.3 Å². The minimum absolute atomic E-state index is 0.296. The SMILES string of the molecule is CCCN1C(=O)NC(c2ccccc2)=C(C)P1(=O)OCC. The zero-order valence-electron chi connectivity index (χ0n) is 12.6. The van der Waals surface area contributed by atoms with Crippen molar-refractivity contribution in [2.24, 2.45) is 0 Å². The number of hydrogen-bond donors (Lipinski definition) is 1. The van der Waals surface area contributed by atoms with Gasteiger partial charge in [-0.3, -0.25) is 4.57 Å². The number of nitrogens with one attached hydrogen (secondary N) is 1. The minimum Gasteiger partial charge on any atom is -0.310 e. The number of rotatable bonds is 5. The molecular formula is C15H21N2O3P. The second-order valence-corrected chi connectivity index (χ2v) is 7.27. The summed E-state index contributed by atoms with van der Waals surface area (Å²) in [7, 11) is -3.31. The quantitative estimate of drug-likeness (QED) is 0.835. The summed E-state index contributed by atoms with van der Waals surface area (Å²) in [5.41, 5.74) is 1.42. The summed E-state index contributed by atoms with van der Waals surface area (Å²) >= 11 is 0. The minimum atomic E-state index is -3.31. The highest BCUT2D eigenvalue weighted by Crippen LogP contribution is 2.61. The lowest BCUT2D eigenvalue weighted by Crippen LogP contribution is -2.42. The standard InChI is InChI=1S/C15H21N2O3P/c1-4-11-17-15(18)16-14(13-9-7-6-8-10-13)12(3)21(17,19)20-5-2/h6-10H,4-5,11H2,1-3H3,(H,16,18). The van der Waals surface area contributed by atoms with Gasteiger partial charge < -0.3 is 9.84 Å². The van der Waals surface area contributed by atoms with Crippen LogP contribution in [-0.4, -0.2) is 23.9 Å². The summed E-state index contributed by atoms with van der Waals surface area (Å²) in [6.45, 7) is 6.19. The summed E-state index contributed by atoms with van der Waals surface area (Å²) in [5.74, 6) is 0. The van der Waals surface area contributed by atoms with Gasteiger partial charge in [-0.1, -0.05) is 37.3 Å². The van der Waals surface area contributed by atoms with Crippen LogP contribution in [0.5, 0.6) is 0 Å². The third-order valence-corrected chi connectivity index (χ3v) is 6.07. The first kappa shape index (κ1) is 15.8. The average Bonchev–Trinajstić information content (AvgIpc) is 2.49. The Bertz CT molecular complexity index is 598. The van der Waals surface area contributed by atoms with E-state index in [9.17, 15) is 9.36 Å². The Kier molecular flexibility index (Phi) is 4.86. The summed E-state index contributed by atoms with van der Waals surface area (Å²) in [4.78, 5) is 12.3. The topological polar surface area (TPSA) is 58.6 Å². The van der Waals surface area contributed by atoms with Crippen molar-refractivity contribution >= 4 is 19.2 Å². The Balaban J connectivity index is 2.54. The van der Waals surface area contributed by atoms with Crippen LogP contribution in [0.1, 0.15) is 32.8 Å². The molecule has 0 aliphatic carbocycles. The van der Waals surface area contributed by atoms with Crippen molar-refractivity contribution in [3.05, 3.63) is 41.2 Å². The molecule has 0 saturated heterocycles. The van der Waals surface area contributed by atoms with Crippen LogP contribution in [0.25, 0.3) is 5.70 Å². The second kappa shape index (κ2) is 6.46. The van der Waals surface area contributed by atoms with Crippen LogP contribution in [0.2, 0.25) is 0 Å². The van der Waals surface area contributed by atoms with Gasteiger partial charge in [-0.25, -0.2) is 9.46 Å². The Morgan fingerprint density at radius 1 is 1.24 bits per heavy atom. The fourth-order valence-electron chi connectivity index (χ4n) is 2.38. The molecular weight excluding hydrogens is 287 g/mol. The van der Waals surface area contributed by atoms with Crippen LogP contribution in [0.15, 0.2) is 35.6 Å². The number of amides is 2. The third-order valence-electron chi connectivity index (χ3n) is 3.37. The largest absolute Gasteiger partial charge is 0.329 e. The molecule has 1 heterocycles. The van der Waals surface area contributed by atoms with Gasteiger partial charge in [0.1, 0.15) is 0 Å². The molecule has 0 bridgehead atoms. The first-order valence-corrected chi connectivity index (χ1v) is 8.72. The van der Waals surface area contributed by atoms with Gasteiger partial charge in [0.15, 0.2) is 0 Å². The van der Waals surface area contributed by atoms with Crippen molar-refractivity contribution in [1.29, 1.82) is 0 Å². The zero-order valence-corrected chi connectivity index (χ0v) is 13.5. The van der Waals surface area contributed by atoms with Crippen molar-refractivity contribution < 1.29 is 13.9 Å². The Labute approximate surface area is 125 Å². The van der Waals surface area contributed by atoms with Gasteiger partial charge in [-0.05, 0) is 25.8 Å². The number of allylic oxidation sites excluding steroid dienone is 1. The van der Waals surface area contributed by atoms with E-state index in [4.69, 9.17) is 4.52 Å². The molecule has 1 atom stereocenters. The van der Waals surface area contributed by atoms with Crippen molar-refractivity contribution in [3.63, 3.8) is 0 Å². The number of nitrogens with zero attached hydrogens (tertiary/aromatic N) is 1. The van der Waals surface area contributed by atoms with Gasteiger partial charge >= 0.3 is 13.6 Å². The molecule has 0 fully saturated rings. The van der Waals surface area contributed by atoms with E-state index in [2.05, 4.69) is 5.32 Å². The van der Waals surface area contributed by atoms with E-state index in [-0.39, 0.29) is 6.03 Å². The van der Waals surface area contributed by atoms with E-state index in [1.165, 1.54) is 4.67 Å². The fourth-order valence-corrected chi connectivity index (χ4v) is 4.64. The lowest BCUT2D eigenvalue weighted by atomic mass is 10.1. The predicted molar refractivity (Wildman–Crippen MR) is 83.8 cm³/mol. The number of urea groups is 1. The summed E-state index contributed by atoms with van der Waals surface area (Å²) in [5, 5.41) is 3.43. The predicted octanol–water partition coefficient (Wildman–Crippen LogP) is 4.04. The number of carbonyl (C=O) groups excluding carboxylic acids is 1. The molecule has 114 valence electrons. The molecule has 1 aromatic carbocycles. The van der Waals surface area contributed by atoms with Crippen molar-refractivity contribution in [2.45, 2.75) is 27.2 Å². The molecule has 1 aromatic rings. The van der Waals surface area contributed by atoms with E-state index in [0.717, 1.165) is 12.0 Å². The molecule has 2 rings (SSSR count). The van der Waals surface area contributed by atoms with Gasteiger partial charge in [0.2, 0.25) is 0 Å². The van der Waals surface area contributed by atoms with Crippen LogP contribution >= 0.6 is 7.52 Å². The molecule has 0 aromatic heterocycles. The van der Waals surface area contributed by atoms with Gasteiger partial charge in [0.05, 0.1) is 17.6 Å². The molecule has 6 heteroatoms. The summed E-state index contributed by atoms with van der Waals surface area (Å²) in [6, 6.07) is 9.06. The van der Waals surface area contributed by atoms with Crippen LogP contribution in [0, 0.1) is 0 Å². The lowest BCUT2D eigenvalue weighted by molar-refractivity contribution is 0.215. The normalized spacial score (nSPS) is 22.4. The molecule has 0 radical (unpaired) electrons. The van der Waals surface area contributed by atoms with Gasteiger partial charge in [-0.2, -0.15) is 0 Å². The maximum absolute atomic E-state index is 13.3. The van der Waals surface area contributed by atoms with E-state index >= 15 is 0 Å². The van der Waals surface area contributed by atoms with Crippen LogP contribution in [0.4, 0.5) is 4.79 Å². The highest BCUT2D eigenvalue weighted by molar-refractivity contribution is 7.62. The van der Waals surface area contributed by atoms with E-state index < -0.39 is 7.52 Å². The Morgan fingerprint density at radius 3 is 2.48 bits per heavy atom. The number of hydrogen-bond acceptors (Lipinski definition) is 3. The molecule has 5 nitrogen and oxygen atoms in total.